The summed E-state index contributed by atoms with van der Waals surface area (Å²) < 4.78 is 18.6. The number of aryl methyl sites for hydroxylation is 1. The van der Waals surface area contributed by atoms with Crippen molar-refractivity contribution in [2.24, 2.45) is 7.05 Å². The molecule has 1 heterocycles. The maximum atomic E-state index is 12.6. The van der Waals surface area contributed by atoms with Crippen LogP contribution < -0.4 is 14.0 Å². The molecule has 0 saturated carbocycles. The first-order valence-corrected chi connectivity index (χ1v) is 9.48. The summed E-state index contributed by atoms with van der Waals surface area (Å²) in [5.74, 6) is 0.975. The third-order valence-corrected chi connectivity index (χ3v) is 4.71. The molecular formula is C24H26NO4+. The van der Waals surface area contributed by atoms with Crippen LogP contribution in [0.25, 0.3) is 0 Å². The molecule has 2 aromatic carbocycles. The molecule has 0 bridgehead atoms. The number of esters is 1. The number of carbonyl (C=O) groups excluding carboxylic acids is 1. The first kappa shape index (κ1) is 20.4. The van der Waals surface area contributed by atoms with Crippen molar-refractivity contribution in [1.29, 1.82) is 0 Å². The average molecular weight is 392 g/mol. The minimum atomic E-state index is -0.432. The van der Waals surface area contributed by atoms with Gasteiger partial charge >= 0.3 is 5.97 Å². The number of ether oxygens (including phenoxy) is 3. The maximum absolute atomic E-state index is 12.6. The van der Waals surface area contributed by atoms with Gasteiger partial charge in [-0.25, -0.2) is 4.57 Å². The van der Waals surface area contributed by atoms with Crippen LogP contribution in [0.3, 0.4) is 0 Å². The molecule has 150 valence electrons. The number of carbonyl (C=O) groups is 1. The second-order valence-electron chi connectivity index (χ2n) is 6.83. The van der Waals surface area contributed by atoms with Crippen LogP contribution in [0.1, 0.15) is 22.8 Å². The summed E-state index contributed by atoms with van der Waals surface area (Å²) >= 11 is 0. The van der Waals surface area contributed by atoms with Gasteiger partial charge in [0, 0.05) is 18.6 Å². The fourth-order valence-electron chi connectivity index (χ4n) is 3.13. The normalized spacial score (nSPS) is 11.6. The quantitative estimate of drug-likeness (QED) is 0.434. The van der Waals surface area contributed by atoms with E-state index >= 15 is 0 Å². The molecule has 1 unspecified atom stereocenters. The molecular weight excluding hydrogens is 366 g/mol. The topological polar surface area (TPSA) is 48.6 Å². The van der Waals surface area contributed by atoms with E-state index in [2.05, 4.69) is 0 Å². The van der Waals surface area contributed by atoms with Crippen LogP contribution in [-0.2, 0) is 29.4 Å². The van der Waals surface area contributed by atoms with Gasteiger partial charge < -0.3 is 14.2 Å². The largest absolute Gasteiger partial charge is 0.493 e. The lowest BCUT2D eigenvalue weighted by molar-refractivity contribution is -0.671. The zero-order valence-electron chi connectivity index (χ0n) is 17.0. The van der Waals surface area contributed by atoms with Crippen LogP contribution in [0.5, 0.6) is 11.5 Å². The van der Waals surface area contributed by atoms with Gasteiger partial charge in [0.15, 0.2) is 23.9 Å². The average Bonchev–Trinajstić information content (AvgIpc) is 2.75. The highest BCUT2D eigenvalue weighted by molar-refractivity contribution is 5.73. The lowest BCUT2D eigenvalue weighted by Gasteiger charge is -2.20. The van der Waals surface area contributed by atoms with Crippen LogP contribution in [0, 0.1) is 0 Å². The molecule has 5 heteroatoms. The molecule has 3 rings (SSSR count). The highest BCUT2D eigenvalue weighted by Gasteiger charge is 2.20. The van der Waals surface area contributed by atoms with Crippen molar-refractivity contribution in [3.05, 3.63) is 89.7 Å². The maximum Gasteiger partial charge on any atom is 0.310 e. The van der Waals surface area contributed by atoms with E-state index in [1.807, 2.05) is 84.7 Å². The fraction of sp³-hybridized carbons (Fsp3) is 0.250. The Morgan fingerprint density at radius 2 is 1.59 bits per heavy atom. The molecule has 3 aromatic rings. The van der Waals surface area contributed by atoms with E-state index in [1.165, 1.54) is 0 Å². The van der Waals surface area contributed by atoms with Crippen LogP contribution >= 0.6 is 0 Å². The molecule has 0 aliphatic carbocycles. The molecule has 0 aliphatic rings. The van der Waals surface area contributed by atoms with Crippen LogP contribution in [0.2, 0.25) is 0 Å². The van der Waals surface area contributed by atoms with Crippen LogP contribution in [0.4, 0.5) is 0 Å². The monoisotopic (exact) mass is 392 g/mol. The minimum Gasteiger partial charge on any atom is -0.493 e. The van der Waals surface area contributed by atoms with Gasteiger partial charge in [-0.15, -0.1) is 0 Å². The van der Waals surface area contributed by atoms with E-state index in [4.69, 9.17) is 14.2 Å². The number of methoxy groups -OCH3 is 2. The number of benzene rings is 2. The Morgan fingerprint density at radius 1 is 0.897 bits per heavy atom. The van der Waals surface area contributed by atoms with Crippen LogP contribution in [-0.4, -0.2) is 20.2 Å². The smallest absolute Gasteiger partial charge is 0.310 e. The Hall–Kier alpha value is -3.34. The van der Waals surface area contributed by atoms with Gasteiger partial charge in [-0.2, -0.15) is 0 Å². The summed E-state index contributed by atoms with van der Waals surface area (Å²) in [5, 5.41) is 0. The summed E-state index contributed by atoms with van der Waals surface area (Å²) in [5.41, 5.74) is 2.86. The molecule has 0 N–H and O–H groups in total. The van der Waals surface area contributed by atoms with Crippen molar-refractivity contribution in [1.82, 2.24) is 0 Å². The van der Waals surface area contributed by atoms with E-state index in [-0.39, 0.29) is 12.4 Å². The molecule has 0 amide bonds. The Balaban J connectivity index is 1.84. The molecule has 0 aliphatic heterocycles. The third-order valence-electron chi connectivity index (χ3n) is 4.71. The summed E-state index contributed by atoms with van der Waals surface area (Å²) in [7, 11) is 5.16. The first-order valence-electron chi connectivity index (χ1n) is 9.48. The molecule has 0 saturated heterocycles. The second-order valence-corrected chi connectivity index (χ2v) is 6.83. The Kier molecular flexibility index (Phi) is 6.85. The van der Waals surface area contributed by atoms with Gasteiger partial charge in [0.05, 0.1) is 20.6 Å². The number of hydrogen-bond donors (Lipinski definition) is 0. The predicted molar refractivity (Wildman–Crippen MR) is 110 cm³/mol. The Labute approximate surface area is 171 Å². The lowest BCUT2D eigenvalue weighted by Crippen LogP contribution is -2.26. The van der Waals surface area contributed by atoms with Gasteiger partial charge in [0.1, 0.15) is 13.2 Å². The summed E-state index contributed by atoms with van der Waals surface area (Å²) in [6.07, 6.45) is 4.32. The van der Waals surface area contributed by atoms with Gasteiger partial charge in [-0.1, -0.05) is 36.4 Å². The molecule has 1 atom stereocenters. The zero-order chi connectivity index (χ0) is 20.6. The summed E-state index contributed by atoms with van der Waals surface area (Å²) in [6.45, 7) is 0. The number of nitrogens with zero attached hydrogens (tertiary/aromatic N) is 1. The van der Waals surface area contributed by atoms with Crippen LogP contribution in [0.15, 0.2) is 73.1 Å². The summed E-state index contributed by atoms with van der Waals surface area (Å²) in [4.78, 5) is 12.6. The lowest BCUT2D eigenvalue weighted by atomic mass is 10.0. The second kappa shape index (κ2) is 9.73. The van der Waals surface area contributed by atoms with E-state index in [0.29, 0.717) is 17.9 Å². The Morgan fingerprint density at radius 3 is 2.24 bits per heavy atom. The number of aromatic nitrogens is 1. The highest BCUT2D eigenvalue weighted by Crippen LogP contribution is 2.32. The van der Waals surface area contributed by atoms with Crippen molar-refractivity contribution < 1.29 is 23.6 Å². The van der Waals surface area contributed by atoms with Crippen molar-refractivity contribution in [2.75, 3.05) is 14.2 Å². The third kappa shape index (κ3) is 5.57. The zero-order valence-corrected chi connectivity index (χ0v) is 17.0. The SMILES string of the molecule is COc1ccc(C(Cc2cc[n+](C)cc2)OC(=O)Cc2ccccc2)cc1OC. The van der Waals surface area contributed by atoms with E-state index < -0.39 is 6.10 Å². The molecule has 0 fully saturated rings. The molecule has 0 spiro atoms. The van der Waals surface area contributed by atoms with E-state index in [9.17, 15) is 4.79 Å². The van der Waals surface area contributed by atoms with Crippen molar-refractivity contribution in [3.63, 3.8) is 0 Å². The Bertz CT molecular complexity index is 939. The molecule has 1 aromatic heterocycles. The van der Waals surface area contributed by atoms with Gasteiger partial charge in [0.25, 0.3) is 0 Å². The van der Waals surface area contributed by atoms with E-state index in [1.54, 1.807) is 14.2 Å². The molecule has 5 nitrogen and oxygen atoms in total. The number of hydrogen-bond acceptors (Lipinski definition) is 4. The minimum absolute atomic E-state index is 0.231. The standard InChI is InChI=1S/C24H26NO4/c1-25-13-11-19(12-14-25)15-22(20-9-10-21(27-2)23(17-20)28-3)29-24(26)16-18-7-5-4-6-8-18/h4-14,17,22H,15-16H2,1-3H3/q+1. The highest BCUT2D eigenvalue weighted by atomic mass is 16.5. The summed E-state index contributed by atoms with van der Waals surface area (Å²) in [6, 6.07) is 19.3. The van der Waals surface area contributed by atoms with Gasteiger partial charge in [0.2, 0.25) is 0 Å². The molecule has 0 radical (unpaired) electrons. The fourth-order valence-corrected chi connectivity index (χ4v) is 3.13. The van der Waals surface area contributed by atoms with Gasteiger partial charge in [-0.3, -0.25) is 4.79 Å². The van der Waals surface area contributed by atoms with Gasteiger partial charge in [-0.05, 0) is 28.8 Å². The number of pyridine rings is 1. The molecule has 29 heavy (non-hydrogen) atoms. The predicted octanol–water partition coefficient (Wildman–Crippen LogP) is 3.60. The van der Waals surface area contributed by atoms with Crippen molar-refractivity contribution in [3.8, 4) is 11.5 Å². The number of rotatable bonds is 8. The van der Waals surface area contributed by atoms with E-state index in [0.717, 1.165) is 16.7 Å². The van der Waals surface area contributed by atoms with Crippen molar-refractivity contribution >= 4 is 5.97 Å². The first-order chi connectivity index (χ1) is 14.1. The van der Waals surface area contributed by atoms with Crippen molar-refractivity contribution in [2.45, 2.75) is 18.9 Å².